The molecular weight excluding hydrogens is 324 g/mol. The minimum Gasteiger partial charge on any atom is -0.355 e. The van der Waals surface area contributed by atoms with Crippen molar-refractivity contribution >= 4 is 33.3 Å². The Labute approximate surface area is 126 Å². The molecule has 0 fully saturated rings. The van der Waals surface area contributed by atoms with Gasteiger partial charge in [-0.3, -0.25) is 0 Å². The number of nitrogens with zero attached hydrogens (tertiary/aromatic N) is 2. The molecule has 1 aliphatic rings. The summed E-state index contributed by atoms with van der Waals surface area (Å²) in [6.07, 6.45) is 3.90. The molecule has 2 aromatic rings. The fourth-order valence-electron chi connectivity index (χ4n) is 2.52. The van der Waals surface area contributed by atoms with Gasteiger partial charge >= 0.3 is 0 Å². The standard InChI is InChI=1S/C15H14BrClN2/c16-13-9-14(17)15(18-10-13)19-7-5-11-3-1-2-4-12(11)6-8-19/h1-4,9-10H,5-8H2. The molecule has 0 saturated heterocycles. The van der Waals surface area contributed by atoms with E-state index in [4.69, 9.17) is 11.6 Å². The zero-order valence-corrected chi connectivity index (χ0v) is 12.8. The highest BCUT2D eigenvalue weighted by Crippen LogP contribution is 2.28. The molecule has 1 aromatic heterocycles. The van der Waals surface area contributed by atoms with E-state index in [1.165, 1.54) is 11.1 Å². The smallest absolute Gasteiger partial charge is 0.147 e. The first-order chi connectivity index (χ1) is 9.24. The topological polar surface area (TPSA) is 16.1 Å². The first-order valence-corrected chi connectivity index (χ1v) is 7.54. The summed E-state index contributed by atoms with van der Waals surface area (Å²) in [5, 5.41) is 0.709. The van der Waals surface area contributed by atoms with Gasteiger partial charge in [-0.15, -0.1) is 0 Å². The van der Waals surface area contributed by atoms with Crippen molar-refractivity contribution in [2.75, 3.05) is 18.0 Å². The van der Waals surface area contributed by atoms with Crippen LogP contribution in [0.25, 0.3) is 0 Å². The third-order valence-corrected chi connectivity index (χ3v) is 4.22. The van der Waals surface area contributed by atoms with Crippen molar-refractivity contribution in [1.29, 1.82) is 0 Å². The molecule has 2 nitrogen and oxygen atoms in total. The summed E-state index contributed by atoms with van der Waals surface area (Å²) in [6.45, 7) is 1.93. The van der Waals surface area contributed by atoms with Crippen LogP contribution in [0.15, 0.2) is 41.0 Å². The lowest BCUT2D eigenvalue weighted by molar-refractivity contribution is 0.791. The molecule has 0 radical (unpaired) electrons. The summed E-state index contributed by atoms with van der Waals surface area (Å²) in [5.74, 6) is 0.887. The second-order valence-corrected chi connectivity index (χ2v) is 6.04. The summed E-state index contributed by atoms with van der Waals surface area (Å²) in [5.41, 5.74) is 2.89. The minimum absolute atomic E-state index is 0.709. The summed E-state index contributed by atoms with van der Waals surface area (Å²) in [6, 6.07) is 10.6. The SMILES string of the molecule is Clc1cc(Br)cnc1N1CCc2ccccc2CC1. The van der Waals surface area contributed by atoms with Gasteiger partial charge in [0.15, 0.2) is 0 Å². The normalized spacial score (nSPS) is 14.9. The molecule has 0 spiro atoms. The molecule has 0 saturated carbocycles. The first kappa shape index (κ1) is 12.9. The molecule has 4 heteroatoms. The number of halogens is 2. The second-order valence-electron chi connectivity index (χ2n) is 4.71. The van der Waals surface area contributed by atoms with E-state index < -0.39 is 0 Å². The maximum atomic E-state index is 6.29. The van der Waals surface area contributed by atoms with Gasteiger partial charge in [-0.05, 0) is 46.0 Å². The van der Waals surface area contributed by atoms with Gasteiger partial charge in [0.05, 0.1) is 5.02 Å². The van der Waals surface area contributed by atoms with Gasteiger partial charge in [-0.1, -0.05) is 35.9 Å². The van der Waals surface area contributed by atoms with Crippen LogP contribution < -0.4 is 4.90 Å². The van der Waals surface area contributed by atoms with E-state index in [1.54, 1.807) is 6.20 Å². The predicted molar refractivity (Wildman–Crippen MR) is 83.0 cm³/mol. The maximum absolute atomic E-state index is 6.29. The van der Waals surface area contributed by atoms with Crippen LogP contribution >= 0.6 is 27.5 Å². The Morgan fingerprint density at radius 1 is 1.11 bits per heavy atom. The van der Waals surface area contributed by atoms with Crippen molar-refractivity contribution in [2.45, 2.75) is 12.8 Å². The van der Waals surface area contributed by atoms with Gasteiger partial charge in [-0.2, -0.15) is 0 Å². The van der Waals surface area contributed by atoms with Gasteiger partial charge in [0.1, 0.15) is 5.82 Å². The Balaban J connectivity index is 1.85. The molecule has 0 aliphatic carbocycles. The molecule has 0 amide bonds. The van der Waals surface area contributed by atoms with Crippen molar-refractivity contribution in [1.82, 2.24) is 4.98 Å². The zero-order chi connectivity index (χ0) is 13.2. The lowest BCUT2D eigenvalue weighted by atomic mass is 10.0. The van der Waals surface area contributed by atoms with Crippen LogP contribution in [0.4, 0.5) is 5.82 Å². The average Bonchev–Trinajstić information content (AvgIpc) is 2.62. The predicted octanol–water partition coefficient (Wildman–Crippen LogP) is 4.10. The Morgan fingerprint density at radius 3 is 2.32 bits per heavy atom. The van der Waals surface area contributed by atoms with E-state index in [1.807, 2.05) is 6.07 Å². The van der Waals surface area contributed by atoms with Crippen molar-refractivity contribution in [3.8, 4) is 0 Å². The molecule has 1 aliphatic heterocycles. The van der Waals surface area contributed by atoms with Gasteiger partial charge < -0.3 is 4.90 Å². The van der Waals surface area contributed by atoms with Crippen molar-refractivity contribution in [3.63, 3.8) is 0 Å². The average molecular weight is 338 g/mol. The monoisotopic (exact) mass is 336 g/mol. The Bertz CT molecular complexity index is 573. The number of hydrogen-bond acceptors (Lipinski definition) is 2. The number of pyridine rings is 1. The highest BCUT2D eigenvalue weighted by atomic mass is 79.9. The summed E-state index contributed by atoms with van der Waals surface area (Å²) >= 11 is 9.69. The Kier molecular flexibility index (Phi) is 3.76. The van der Waals surface area contributed by atoms with Gasteiger partial charge in [0, 0.05) is 23.8 Å². The van der Waals surface area contributed by atoms with Crippen LogP contribution in [-0.4, -0.2) is 18.1 Å². The molecule has 0 unspecified atom stereocenters. The minimum atomic E-state index is 0.709. The summed E-state index contributed by atoms with van der Waals surface area (Å²) in [4.78, 5) is 6.73. The largest absolute Gasteiger partial charge is 0.355 e. The Hall–Kier alpha value is -1.06. The van der Waals surface area contributed by atoms with Crippen LogP contribution in [0.1, 0.15) is 11.1 Å². The number of fused-ring (bicyclic) bond motifs is 1. The van der Waals surface area contributed by atoms with Crippen LogP contribution in [0.5, 0.6) is 0 Å². The fraction of sp³-hybridized carbons (Fsp3) is 0.267. The highest BCUT2D eigenvalue weighted by molar-refractivity contribution is 9.10. The van der Waals surface area contributed by atoms with Crippen molar-refractivity contribution in [3.05, 3.63) is 57.2 Å². The molecule has 19 heavy (non-hydrogen) atoms. The fourth-order valence-corrected chi connectivity index (χ4v) is 3.27. The molecule has 2 heterocycles. The van der Waals surface area contributed by atoms with Crippen LogP contribution in [0, 0.1) is 0 Å². The van der Waals surface area contributed by atoms with Crippen LogP contribution in [-0.2, 0) is 12.8 Å². The molecule has 0 atom stereocenters. The van der Waals surface area contributed by atoms with E-state index in [9.17, 15) is 0 Å². The summed E-state index contributed by atoms with van der Waals surface area (Å²) in [7, 11) is 0. The molecule has 0 N–H and O–H groups in total. The van der Waals surface area contributed by atoms with Gasteiger partial charge in [-0.25, -0.2) is 4.98 Å². The quantitative estimate of drug-likeness (QED) is 0.779. The number of rotatable bonds is 1. The maximum Gasteiger partial charge on any atom is 0.147 e. The molecule has 0 bridgehead atoms. The molecule has 98 valence electrons. The zero-order valence-electron chi connectivity index (χ0n) is 10.4. The third kappa shape index (κ3) is 2.77. The second kappa shape index (κ2) is 5.51. The van der Waals surface area contributed by atoms with Crippen LogP contribution in [0.3, 0.4) is 0 Å². The van der Waals surface area contributed by atoms with Gasteiger partial charge in [0.2, 0.25) is 0 Å². The molecular formula is C15H14BrClN2. The highest BCUT2D eigenvalue weighted by Gasteiger charge is 2.17. The lowest BCUT2D eigenvalue weighted by Gasteiger charge is -2.22. The first-order valence-electron chi connectivity index (χ1n) is 6.37. The third-order valence-electron chi connectivity index (χ3n) is 3.51. The number of aromatic nitrogens is 1. The van der Waals surface area contributed by atoms with Crippen molar-refractivity contribution < 1.29 is 0 Å². The lowest BCUT2D eigenvalue weighted by Crippen LogP contribution is -2.27. The van der Waals surface area contributed by atoms with E-state index >= 15 is 0 Å². The van der Waals surface area contributed by atoms with E-state index in [2.05, 4.69) is 50.1 Å². The molecule has 1 aromatic carbocycles. The van der Waals surface area contributed by atoms with Crippen molar-refractivity contribution in [2.24, 2.45) is 0 Å². The summed E-state index contributed by atoms with van der Waals surface area (Å²) < 4.78 is 0.916. The number of benzene rings is 1. The van der Waals surface area contributed by atoms with E-state index in [-0.39, 0.29) is 0 Å². The number of anilines is 1. The van der Waals surface area contributed by atoms with Crippen LogP contribution in [0.2, 0.25) is 5.02 Å². The molecule has 3 rings (SSSR count). The number of hydrogen-bond donors (Lipinski definition) is 0. The van der Waals surface area contributed by atoms with E-state index in [0.717, 1.165) is 36.2 Å². The Morgan fingerprint density at radius 2 is 1.74 bits per heavy atom. The van der Waals surface area contributed by atoms with Gasteiger partial charge in [0.25, 0.3) is 0 Å². The van der Waals surface area contributed by atoms with E-state index in [0.29, 0.717) is 5.02 Å².